The monoisotopic (exact) mass is 452 g/mol. The highest BCUT2D eigenvalue weighted by atomic mass is 79.9. The van der Waals surface area contributed by atoms with Crippen LogP contribution in [0.15, 0.2) is 47.2 Å². The summed E-state index contributed by atoms with van der Waals surface area (Å²) in [7, 11) is 0. The molecule has 150 valence electrons. The number of benzene rings is 2. The summed E-state index contributed by atoms with van der Waals surface area (Å²) in [5.74, 6) is 1.86. The number of aromatic nitrogens is 3. The normalized spacial score (nSPS) is 20.1. The molecule has 0 fully saturated rings. The molecule has 29 heavy (non-hydrogen) atoms. The number of hydrogen-bond acceptors (Lipinski definition) is 2. The maximum Gasteiger partial charge on any atom is 0.304 e. The average molecular weight is 453 g/mol. The summed E-state index contributed by atoms with van der Waals surface area (Å²) in [4.78, 5) is 0. The van der Waals surface area contributed by atoms with Gasteiger partial charge in [-0.25, -0.2) is 4.57 Å². The van der Waals surface area contributed by atoms with Gasteiger partial charge < -0.3 is 4.74 Å². The van der Waals surface area contributed by atoms with Gasteiger partial charge in [-0.05, 0) is 46.2 Å². The van der Waals surface area contributed by atoms with Gasteiger partial charge in [-0.2, -0.15) is 0 Å². The van der Waals surface area contributed by atoms with E-state index >= 15 is 0 Å². The van der Waals surface area contributed by atoms with Gasteiger partial charge in [0, 0.05) is 16.0 Å². The van der Waals surface area contributed by atoms with E-state index in [0.29, 0.717) is 18.4 Å². The minimum absolute atomic E-state index is 0.180. The quantitative estimate of drug-likeness (QED) is 0.510. The minimum atomic E-state index is 0.180. The molecule has 0 amide bonds. The molecule has 5 heteroatoms. The summed E-state index contributed by atoms with van der Waals surface area (Å²) in [5, 5.41) is 5.01. The number of hydrogen-bond donors (Lipinski definition) is 0. The van der Waals surface area contributed by atoms with E-state index in [4.69, 9.17) is 9.84 Å². The molecule has 5 rings (SSSR count). The Bertz CT molecular complexity index is 1060. The van der Waals surface area contributed by atoms with Crippen LogP contribution in [0.25, 0.3) is 5.69 Å². The summed E-state index contributed by atoms with van der Waals surface area (Å²) in [6.07, 6.45) is 3.34. The largest absolute Gasteiger partial charge is 0.363 e. The summed E-state index contributed by atoms with van der Waals surface area (Å²) < 4.78 is 11.8. The lowest BCUT2D eigenvalue weighted by Gasteiger charge is -2.23. The molecule has 1 aromatic heterocycles. The van der Waals surface area contributed by atoms with E-state index < -0.39 is 0 Å². The van der Waals surface area contributed by atoms with Crippen molar-refractivity contribution in [3.8, 4) is 5.69 Å². The summed E-state index contributed by atoms with van der Waals surface area (Å²) in [5.41, 5.74) is 6.62. The lowest BCUT2D eigenvalue weighted by molar-refractivity contribution is -0.739. The SMILES string of the molecule is CC(C)c1cccc(C(C)C)c1-n1c[n+]2c(n1)CO[C@@H]1Cc3ccc(Br)cc3[C@@H]12. The zero-order chi connectivity index (χ0) is 20.3. The fourth-order valence-corrected chi connectivity index (χ4v) is 5.20. The molecule has 2 aliphatic rings. The molecule has 4 nitrogen and oxygen atoms in total. The Labute approximate surface area is 180 Å². The zero-order valence-electron chi connectivity index (χ0n) is 17.4. The Morgan fingerprint density at radius 1 is 1.10 bits per heavy atom. The smallest absolute Gasteiger partial charge is 0.304 e. The van der Waals surface area contributed by atoms with E-state index in [-0.39, 0.29) is 12.1 Å². The van der Waals surface area contributed by atoms with Crippen molar-refractivity contribution in [1.82, 2.24) is 9.78 Å². The van der Waals surface area contributed by atoms with E-state index in [0.717, 1.165) is 16.7 Å². The van der Waals surface area contributed by atoms with Crippen molar-refractivity contribution < 1.29 is 9.30 Å². The van der Waals surface area contributed by atoms with Crippen molar-refractivity contribution in [2.24, 2.45) is 0 Å². The fraction of sp³-hybridized carbons (Fsp3) is 0.417. The van der Waals surface area contributed by atoms with Crippen LogP contribution in [-0.2, 0) is 17.8 Å². The molecule has 0 spiro atoms. The Morgan fingerprint density at radius 3 is 2.52 bits per heavy atom. The number of para-hydroxylation sites is 1. The van der Waals surface area contributed by atoms with Crippen LogP contribution in [0, 0.1) is 0 Å². The molecule has 2 heterocycles. The second-order valence-corrected chi connectivity index (χ2v) is 9.74. The average Bonchev–Trinajstić information content (AvgIpc) is 3.27. The second kappa shape index (κ2) is 7.06. The first-order valence-corrected chi connectivity index (χ1v) is 11.3. The summed E-state index contributed by atoms with van der Waals surface area (Å²) >= 11 is 3.64. The number of nitrogens with zero attached hydrogens (tertiary/aromatic N) is 3. The molecule has 0 radical (unpaired) electrons. The van der Waals surface area contributed by atoms with Crippen molar-refractivity contribution in [3.63, 3.8) is 0 Å². The third-order valence-electron chi connectivity index (χ3n) is 6.25. The molecule has 1 aliphatic carbocycles. The third-order valence-corrected chi connectivity index (χ3v) is 6.75. The molecular weight excluding hydrogens is 426 g/mol. The van der Waals surface area contributed by atoms with Crippen LogP contribution in [0.3, 0.4) is 0 Å². The predicted octanol–water partition coefficient (Wildman–Crippen LogP) is 5.21. The van der Waals surface area contributed by atoms with Gasteiger partial charge >= 0.3 is 5.82 Å². The van der Waals surface area contributed by atoms with Crippen molar-refractivity contribution in [2.75, 3.05) is 0 Å². The number of halogens is 1. The Balaban J connectivity index is 1.67. The second-order valence-electron chi connectivity index (χ2n) is 8.82. The molecule has 2 aromatic carbocycles. The lowest BCUT2D eigenvalue weighted by Crippen LogP contribution is -2.51. The van der Waals surface area contributed by atoms with Crippen molar-refractivity contribution >= 4 is 15.9 Å². The van der Waals surface area contributed by atoms with Crippen LogP contribution in [0.1, 0.15) is 73.7 Å². The molecule has 3 aromatic rings. The van der Waals surface area contributed by atoms with Crippen molar-refractivity contribution in [2.45, 2.75) is 64.7 Å². The first kappa shape index (κ1) is 19.0. The van der Waals surface area contributed by atoms with Gasteiger partial charge in [-0.1, -0.05) is 72.6 Å². The predicted molar refractivity (Wildman–Crippen MR) is 116 cm³/mol. The summed E-state index contributed by atoms with van der Waals surface area (Å²) in [6.45, 7) is 9.57. The maximum absolute atomic E-state index is 6.24. The van der Waals surface area contributed by atoms with Crippen LogP contribution in [0.2, 0.25) is 0 Å². The van der Waals surface area contributed by atoms with Crippen LogP contribution in [0.5, 0.6) is 0 Å². The third kappa shape index (κ3) is 3.06. The topological polar surface area (TPSA) is 30.9 Å². The number of ether oxygens (including phenoxy) is 1. The van der Waals surface area contributed by atoms with E-state index in [1.54, 1.807) is 0 Å². The molecule has 2 atom stereocenters. The summed E-state index contributed by atoms with van der Waals surface area (Å²) in [6, 6.07) is 13.4. The number of fused-ring (bicyclic) bond motifs is 5. The highest BCUT2D eigenvalue weighted by molar-refractivity contribution is 9.10. The van der Waals surface area contributed by atoms with Gasteiger partial charge in [-0.15, -0.1) is 0 Å². The number of rotatable bonds is 3. The Hall–Kier alpha value is -1.98. The van der Waals surface area contributed by atoms with E-state index in [1.807, 2.05) is 0 Å². The first-order valence-electron chi connectivity index (χ1n) is 10.5. The molecule has 0 saturated carbocycles. The minimum Gasteiger partial charge on any atom is -0.363 e. The lowest BCUT2D eigenvalue weighted by atomic mass is 9.93. The van der Waals surface area contributed by atoms with Gasteiger partial charge in [0.15, 0.2) is 0 Å². The highest BCUT2D eigenvalue weighted by Gasteiger charge is 2.43. The van der Waals surface area contributed by atoms with Crippen LogP contribution in [-0.4, -0.2) is 15.9 Å². The van der Waals surface area contributed by atoms with Gasteiger partial charge in [-0.3, -0.25) is 0 Å². The van der Waals surface area contributed by atoms with E-state index in [1.165, 1.54) is 27.9 Å². The maximum atomic E-state index is 6.24. The van der Waals surface area contributed by atoms with Gasteiger partial charge in [0.05, 0.1) is 0 Å². The zero-order valence-corrected chi connectivity index (χ0v) is 19.0. The van der Waals surface area contributed by atoms with E-state index in [2.05, 4.69) is 95.6 Å². The fourth-order valence-electron chi connectivity index (χ4n) is 4.82. The van der Waals surface area contributed by atoms with Crippen LogP contribution < -0.4 is 4.57 Å². The molecule has 1 aliphatic heterocycles. The van der Waals surface area contributed by atoms with Crippen LogP contribution >= 0.6 is 15.9 Å². The van der Waals surface area contributed by atoms with Crippen molar-refractivity contribution in [1.29, 1.82) is 0 Å². The molecule has 0 bridgehead atoms. The Morgan fingerprint density at radius 2 is 1.83 bits per heavy atom. The van der Waals surface area contributed by atoms with Crippen LogP contribution in [0.4, 0.5) is 0 Å². The molecule has 0 unspecified atom stereocenters. The van der Waals surface area contributed by atoms with Crippen molar-refractivity contribution in [3.05, 3.63) is 75.3 Å². The van der Waals surface area contributed by atoms with E-state index in [9.17, 15) is 0 Å². The van der Waals surface area contributed by atoms with Gasteiger partial charge in [0.2, 0.25) is 6.33 Å². The standard InChI is InChI=1S/C24H27BrN3O/c1-14(2)18-6-5-7-19(15(3)4)23(18)28-13-27-22(26-28)12-29-21-10-16-8-9-17(25)11-20(16)24(21)27/h5-9,11,13-15,21,24H,10,12H2,1-4H3/q+1/t21-,24+/m1/s1. The molecule has 0 saturated heterocycles. The van der Waals surface area contributed by atoms with Gasteiger partial charge in [0.1, 0.15) is 24.4 Å². The first-order chi connectivity index (χ1) is 13.9. The Kier molecular flexibility index (Phi) is 4.63. The van der Waals surface area contributed by atoms with Gasteiger partial charge in [0.25, 0.3) is 0 Å². The molecular formula is C24H27BrN3O+. The molecule has 0 N–H and O–H groups in total. The highest BCUT2D eigenvalue weighted by Crippen LogP contribution is 2.38.